The lowest BCUT2D eigenvalue weighted by Gasteiger charge is -2.23. The number of nitrogens with zero attached hydrogens (tertiary/aromatic N) is 3. The normalized spacial score (nSPS) is 12.2. The zero-order chi connectivity index (χ0) is 19.6. The van der Waals surface area contributed by atoms with Crippen LogP contribution in [0.4, 0.5) is 5.69 Å². The van der Waals surface area contributed by atoms with Gasteiger partial charge in [-0.25, -0.2) is 0 Å². The number of nitrogens with one attached hydrogen (secondary N) is 2. The first-order valence-electron chi connectivity index (χ1n) is 9.74. The topological polar surface area (TPSA) is 65.7 Å². The molecule has 6 nitrogen and oxygen atoms in total. The van der Waals surface area contributed by atoms with Gasteiger partial charge in [0.1, 0.15) is 5.76 Å². The van der Waals surface area contributed by atoms with Crippen LogP contribution in [0.2, 0.25) is 0 Å². The molecule has 0 saturated carbocycles. The number of anilines is 1. The minimum atomic E-state index is 0. The number of hydrogen-bond donors (Lipinski definition) is 2. The first kappa shape index (κ1) is 24.3. The van der Waals surface area contributed by atoms with Gasteiger partial charge >= 0.3 is 0 Å². The van der Waals surface area contributed by atoms with Crippen molar-refractivity contribution in [3.8, 4) is 0 Å². The Morgan fingerprint density at radius 2 is 1.93 bits per heavy atom. The van der Waals surface area contributed by atoms with Gasteiger partial charge in [-0.2, -0.15) is 0 Å². The van der Waals surface area contributed by atoms with Crippen molar-refractivity contribution in [2.45, 2.75) is 40.0 Å². The van der Waals surface area contributed by atoms with Crippen LogP contribution < -0.4 is 15.5 Å². The Balaban J connectivity index is 0.00000392. The summed E-state index contributed by atoms with van der Waals surface area (Å²) in [6.07, 6.45) is 1.04. The number of aliphatic imine (C=N–C) groups is 1. The van der Waals surface area contributed by atoms with Crippen molar-refractivity contribution in [1.29, 1.82) is 0 Å². The molecule has 1 aromatic carbocycles. The molecule has 1 atom stereocenters. The number of aryl methyl sites for hydroxylation is 2. The number of rotatable bonds is 9. The van der Waals surface area contributed by atoms with E-state index in [4.69, 9.17) is 4.52 Å². The predicted molar refractivity (Wildman–Crippen MR) is 128 cm³/mol. The SMILES string of the molecule is CCN(CCCNC(=NC)NCC(C)c1c(C)noc1C)c1ccccc1.I. The molecule has 7 heteroatoms. The van der Waals surface area contributed by atoms with Crippen molar-refractivity contribution in [3.63, 3.8) is 0 Å². The third-order valence-corrected chi connectivity index (χ3v) is 4.78. The fourth-order valence-corrected chi connectivity index (χ4v) is 3.35. The van der Waals surface area contributed by atoms with Gasteiger partial charge in [0.15, 0.2) is 5.96 Å². The number of aromatic nitrogens is 1. The summed E-state index contributed by atoms with van der Waals surface area (Å²) < 4.78 is 5.27. The molecule has 0 bridgehead atoms. The van der Waals surface area contributed by atoms with E-state index in [0.717, 1.165) is 50.0 Å². The molecule has 156 valence electrons. The van der Waals surface area contributed by atoms with Crippen LogP contribution >= 0.6 is 24.0 Å². The molecule has 1 aromatic heterocycles. The van der Waals surface area contributed by atoms with E-state index in [0.29, 0.717) is 5.92 Å². The summed E-state index contributed by atoms with van der Waals surface area (Å²) in [5, 5.41) is 10.8. The van der Waals surface area contributed by atoms with E-state index in [9.17, 15) is 0 Å². The molecule has 0 aliphatic rings. The Morgan fingerprint density at radius 1 is 1.21 bits per heavy atom. The number of halogens is 1. The number of benzene rings is 1. The maximum Gasteiger partial charge on any atom is 0.190 e. The first-order chi connectivity index (χ1) is 13.1. The van der Waals surface area contributed by atoms with Crippen LogP contribution in [0, 0.1) is 13.8 Å². The molecule has 2 N–H and O–H groups in total. The van der Waals surface area contributed by atoms with Crippen molar-refractivity contribution < 1.29 is 4.52 Å². The average molecular weight is 499 g/mol. The molecular formula is C21H34IN5O. The molecule has 0 fully saturated rings. The standard InChI is InChI=1S/C21H33N5O.HI/c1-6-26(19-11-8-7-9-12-19)14-10-13-23-21(22-5)24-15-16(2)20-17(3)25-27-18(20)4;/h7-9,11-12,16H,6,10,13-15H2,1-5H3,(H2,22,23,24);1H. The maximum absolute atomic E-state index is 5.27. The zero-order valence-electron chi connectivity index (χ0n) is 17.7. The summed E-state index contributed by atoms with van der Waals surface area (Å²) in [7, 11) is 1.80. The van der Waals surface area contributed by atoms with Gasteiger partial charge in [-0.1, -0.05) is 30.3 Å². The Bertz CT molecular complexity index is 697. The molecule has 0 aliphatic carbocycles. The Kier molecular flexibility index (Phi) is 11.0. The Morgan fingerprint density at radius 3 is 2.50 bits per heavy atom. The van der Waals surface area contributed by atoms with Gasteiger partial charge in [-0.3, -0.25) is 4.99 Å². The van der Waals surface area contributed by atoms with Crippen LogP contribution in [-0.2, 0) is 0 Å². The second-order valence-electron chi connectivity index (χ2n) is 6.79. The van der Waals surface area contributed by atoms with E-state index in [1.54, 1.807) is 7.05 Å². The summed E-state index contributed by atoms with van der Waals surface area (Å²) >= 11 is 0. The van der Waals surface area contributed by atoms with E-state index >= 15 is 0 Å². The lowest BCUT2D eigenvalue weighted by Crippen LogP contribution is -2.40. The van der Waals surface area contributed by atoms with E-state index < -0.39 is 0 Å². The van der Waals surface area contributed by atoms with Gasteiger partial charge in [0.2, 0.25) is 0 Å². The molecule has 2 aromatic rings. The van der Waals surface area contributed by atoms with Gasteiger partial charge in [0.05, 0.1) is 5.69 Å². The lowest BCUT2D eigenvalue weighted by molar-refractivity contribution is 0.391. The molecule has 0 aliphatic heterocycles. The van der Waals surface area contributed by atoms with E-state index in [2.05, 4.69) is 69.9 Å². The van der Waals surface area contributed by atoms with Gasteiger partial charge in [-0.15, -0.1) is 24.0 Å². The monoisotopic (exact) mass is 499 g/mol. The molecule has 28 heavy (non-hydrogen) atoms. The Labute approximate surface area is 186 Å². The minimum absolute atomic E-state index is 0. The molecule has 0 saturated heterocycles. The van der Waals surface area contributed by atoms with Gasteiger partial charge in [-0.05, 0) is 39.3 Å². The maximum atomic E-state index is 5.27. The third kappa shape index (κ3) is 7.00. The molecule has 0 spiro atoms. The highest BCUT2D eigenvalue weighted by molar-refractivity contribution is 14.0. The van der Waals surface area contributed by atoms with E-state index in [1.807, 2.05) is 13.8 Å². The van der Waals surface area contributed by atoms with E-state index in [1.165, 1.54) is 11.3 Å². The fraction of sp³-hybridized carbons (Fsp3) is 0.524. The summed E-state index contributed by atoms with van der Waals surface area (Å²) in [4.78, 5) is 6.71. The van der Waals surface area contributed by atoms with Gasteiger partial charge < -0.3 is 20.1 Å². The van der Waals surface area contributed by atoms with Crippen molar-refractivity contribution in [3.05, 3.63) is 47.3 Å². The second-order valence-corrected chi connectivity index (χ2v) is 6.79. The second kappa shape index (κ2) is 12.6. The van der Waals surface area contributed by atoms with E-state index in [-0.39, 0.29) is 24.0 Å². The quantitative estimate of drug-likeness (QED) is 0.236. The van der Waals surface area contributed by atoms with Crippen LogP contribution in [0.25, 0.3) is 0 Å². The van der Waals surface area contributed by atoms with Crippen molar-refractivity contribution in [1.82, 2.24) is 15.8 Å². The number of hydrogen-bond acceptors (Lipinski definition) is 4. The van der Waals surface area contributed by atoms with Crippen LogP contribution in [0.15, 0.2) is 39.8 Å². The highest BCUT2D eigenvalue weighted by Crippen LogP contribution is 2.22. The van der Waals surface area contributed by atoms with Crippen molar-refractivity contribution >= 4 is 35.6 Å². The summed E-state index contributed by atoms with van der Waals surface area (Å²) in [6.45, 7) is 12.0. The van der Waals surface area contributed by atoms with Crippen molar-refractivity contribution in [2.75, 3.05) is 38.1 Å². The average Bonchev–Trinajstić information content (AvgIpc) is 3.03. The summed E-state index contributed by atoms with van der Waals surface area (Å²) in [6, 6.07) is 10.5. The summed E-state index contributed by atoms with van der Waals surface area (Å²) in [5.74, 6) is 2.03. The molecule has 0 radical (unpaired) electrons. The lowest BCUT2D eigenvalue weighted by atomic mass is 10.00. The van der Waals surface area contributed by atoms with Gasteiger partial charge in [0.25, 0.3) is 0 Å². The largest absolute Gasteiger partial charge is 0.372 e. The number of para-hydroxylation sites is 1. The zero-order valence-corrected chi connectivity index (χ0v) is 20.0. The van der Waals surface area contributed by atoms with Crippen LogP contribution in [0.1, 0.15) is 43.2 Å². The number of guanidine groups is 1. The predicted octanol–water partition coefficient (Wildman–Crippen LogP) is 4.09. The van der Waals surface area contributed by atoms with Crippen LogP contribution in [0.3, 0.4) is 0 Å². The first-order valence-corrected chi connectivity index (χ1v) is 9.74. The van der Waals surface area contributed by atoms with Crippen LogP contribution in [-0.4, -0.2) is 44.3 Å². The molecule has 1 heterocycles. The molecule has 2 rings (SSSR count). The highest BCUT2D eigenvalue weighted by atomic mass is 127. The smallest absolute Gasteiger partial charge is 0.190 e. The molecule has 1 unspecified atom stereocenters. The fourth-order valence-electron chi connectivity index (χ4n) is 3.35. The van der Waals surface area contributed by atoms with Gasteiger partial charge in [0, 0.05) is 50.4 Å². The summed E-state index contributed by atoms with van der Waals surface area (Å²) in [5.41, 5.74) is 3.42. The third-order valence-electron chi connectivity index (χ3n) is 4.78. The van der Waals surface area contributed by atoms with Crippen molar-refractivity contribution in [2.24, 2.45) is 4.99 Å². The molecular weight excluding hydrogens is 465 g/mol. The highest BCUT2D eigenvalue weighted by Gasteiger charge is 2.16. The molecule has 0 amide bonds. The Hall–Kier alpha value is -1.77. The minimum Gasteiger partial charge on any atom is -0.372 e. The van der Waals surface area contributed by atoms with Crippen LogP contribution in [0.5, 0.6) is 0 Å².